The van der Waals surface area contributed by atoms with Gasteiger partial charge in [-0.3, -0.25) is 19.0 Å². The Labute approximate surface area is 150 Å². The Morgan fingerprint density at radius 2 is 2.15 bits per heavy atom. The molecule has 0 aliphatic carbocycles. The molecular formula is C18H21N3O5. The fourth-order valence-corrected chi connectivity index (χ4v) is 3.10. The van der Waals surface area contributed by atoms with Gasteiger partial charge >= 0.3 is 0 Å². The topological polar surface area (TPSA) is 99.5 Å². The molecule has 8 heteroatoms. The van der Waals surface area contributed by atoms with Gasteiger partial charge in [-0.25, -0.2) is 4.98 Å². The van der Waals surface area contributed by atoms with Crippen molar-refractivity contribution in [1.29, 1.82) is 0 Å². The quantitative estimate of drug-likeness (QED) is 0.728. The van der Waals surface area contributed by atoms with Crippen LogP contribution >= 0.6 is 0 Å². The van der Waals surface area contributed by atoms with Crippen molar-refractivity contribution in [1.82, 2.24) is 14.9 Å². The third-order valence-electron chi connectivity index (χ3n) is 4.38. The van der Waals surface area contributed by atoms with E-state index >= 15 is 0 Å². The van der Waals surface area contributed by atoms with Gasteiger partial charge in [-0.15, -0.1) is 0 Å². The second-order valence-electron chi connectivity index (χ2n) is 6.26. The maximum absolute atomic E-state index is 12.5. The molecule has 138 valence electrons. The summed E-state index contributed by atoms with van der Waals surface area (Å²) in [5, 5.41) is 3.26. The number of carbonyl (C=O) groups is 2. The van der Waals surface area contributed by atoms with Gasteiger partial charge in [0.25, 0.3) is 5.56 Å². The van der Waals surface area contributed by atoms with Crippen LogP contribution in [-0.2, 0) is 25.6 Å². The monoisotopic (exact) mass is 359 g/mol. The molecule has 1 amide bonds. The lowest BCUT2D eigenvalue weighted by molar-refractivity contribution is -0.135. The van der Waals surface area contributed by atoms with E-state index in [-0.39, 0.29) is 43.1 Å². The molecule has 0 saturated carbocycles. The molecule has 26 heavy (non-hydrogen) atoms. The third-order valence-corrected chi connectivity index (χ3v) is 4.38. The number of nitrogens with zero attached hydrogens (tertiary/aromatic N) is 2. The van der Waals surface area contributed by atoms with Crippen molar-refractivity contribution >= 4 is 22.6 Å². The number of ether oxygens (including phenoxy) is 2. The average Bonchev–Trinajstić information content (AvgIpc) is 2.63. The molecule has 1 aliphatic rings. The van der Waals surface area contributed by atoms with E-state index in [0.717, 1.165) is 0 Å². The number of rotatable bonds is 7. The highest BCUT2D eigenvalue weighted by atomic mass is 16.7. The van der Waals surface area contributed by atoms with E-state index in [0.29, 0.717) is 23.7 Å². The second-order valence-corrected chi connectivity index (χ2v) is 6.26. The molecule has 0 radical (unpaired) electrons. The van der Waals surface area contributed by atoms with E-state index in [2.05, 4.69) is 10.3 Å². The molecular weight excluding hydrogens is 338 g/mol. The van der Waals surface area contributed by atoms with E-state index in [1.165, 1.54) is 18.0 Å². The van der Waals surface area contributed by atoms with Crippen molar-refractivity contribution in [3.8, 4) is 0 Å². The average molecular weight is 359 g/mol. The van der Waals surface area contributed by atoms with E-state index in [9.17, 15) is 14.4 Å². The molecule has 0 unspecified atom stereocenters. The van der Waals surface area contributed by atoms with Gasteiger partial charge in [0.15, 0.2) is 5.78 Å². The van der Waals surface area contributed by atoms with Gasteiger partial charge in [0.05, 0.1) is 35.9 Å². The van der Waals surface area contributed by atoms with Crippen molar-refractivity contribution in [3.05, 3.63) is 40.9 Å². The summed E-state index contributed by atoms with van der Waals surface area (Å²) in [5.74, 6) is -0.285. The van der Waals surface area contributed by atoms with Crippen molar-refractivity contribution in [2.45, 2.75) is 38.0 Å². The Balaban J connectivity index is 1.70. The summed E-state index contributed by atoms with van der Waals surface area (Å²) in [6.07, 6.45) is 2.06. The Morgan fingerprint density at radius 3 is 2.96 bits per heavy atom. The lowest BCUT2D eigenvalue weighted by Gasteiger charge is -2.31. The van der Waals surface area contributed by atoms with Gasteiger partial charge in [0, 0.05) is 20.0 Å². The van der Waals surface area contributed by atoms with E-state index < -0.39 is 6.04 Å². The number of amides is 1. The first-order valence-corrected chi connectivity index (χ1v) is 8.44. The molecule has 2 atom stereocenters. The Hall–Kier alpha value is -2.58. The number of Topliss-reactive ketones (excluding diaryl/α,β-unsaturated/α-hetero) is 1. The van der Waals surface area contributed by atoms with Gasteiger partial charge in [0.1, 0.15) is 6.79 Å². The van der Waals surface area contributed by atoms with Crippen LogP contribution in [-0.4, -0.2) is 47.3 Å². The number of carbonyl (C=O) groups excluding carboxylic acids is 2. The predicted octanol–water partition coefficient (Wildman–Crippen LogP) is 0.623. The molecule has 2 heterocycles. The maximum atomic E-state index is 12.5. The summed E-state index contributed by atoms with van der Waals surface area (Å²) < 4.78 is 11.8. The number of para-hydroxylation sites is 1. The van der Waals surface area contributed by atoms with Crippen LogP contribution < -0.4 is 10.9 Å². The number of nitrogens with one attached hydrogen (secondary N) is 1. The normalized spacial score (nSPS) is 20.1. The molecule has 1 fully saturated rings. The van der Waals surface area contributed by atoms with Crippen LogP contribution in [0, 0.1) is 0 Å². The zero-order chi connectivity index (χ0) is 18.5. The van der Waals surface area contributed by atoms with Crippen LogP contribution in [0.5, 0.6) is 0 Å². The fraction of sp³-hybridized carbons (Fsp3) is 0.444. The van der Waals surface area contributed by atoms with Crippen LogP contribution in [0.3, 0.4) is 0 Å². The third kappa shape index (κ3) is 4.14. The second kappa shape index (κ2) is 8.20. The van der Waals surface area contributed by atoms with Gasteiger partial charge < -0.3 is 14.8 Å². The number of methoxy groups -OCH3 is 1. The molecule has 2 aromatic rings. The van der Waals surface area contributed by atoms with Crippen molar-refractivity contribution in [2.24, 2.45) is 0 Å². The maximum Gasteiger partial charge on any atom is 0.261 e. The molecule has 8 nitrogen and oxygen atoms in total. The number of aromatic nitrogens is 2. The minimum Gasteiger partial charge on any atom is -0.359 e. The molecule has 1 saturated heterocycles. The molecule has 0 bridgehead atoms. The largest absolute Gasteiger partial charge is 0.359 e. The molecule has 1 aromatic carbocycles. The van der Waals surface area contributed by atoms with Crippen LogP contribution in [0.15, 0.2) is 35.4 Å². The van der Waals surface area contributed by atoms with Crippen LogP contribution in [0.4, 0.5) is 0 Å². The highest BCUT2D eigenvalue weighted by molar-refractivity contribution is 5.82. The van der Waals surface area contributed by atoms with Gasteiger partial charge in [-0.2, -0.15) is 0 Å². The molecule has 0 spiro atoms. The lowest BCUT2D eigenvalue weighted by atomic mass is 9.96. The Morgan fingerprint density at radius 1 is 1.35 bits per heavy atom. The smallest absolute Gasteiger partial charge is 0.261 e. The number of ketones is 1. The van der Waals surface area contributed by atoms with Crippen LogP contribution in [0.2, 0.25) is 0 Å². The SMILES string of the molecule is COCO[C@H]1CCC(=O)N[C@@H]1CC(=O)Cn1cnc2ccccc2c1=O. The number of benzene rings is 1. The zero-order valence-electron chi connectivity index (χ0n) is 14.5. The Kier molecular flexibility index (Phi) is 5.75. The first kappa shape index (κ1) is 18.2. The summed E-state index contributed by atoms with van der Waals surface area (Å²) in [5.41, 5.74) is 0.331. The first-order chi connectivity index (χ1) is 12.6. The lowest BCUT2D eigenvalue weighted by Crippen LogP contribution is -2.50. The van der Waals surface area contributed by atoms with Gasteiger partial charge in [-0.05, 0) is 18.6 Å². The molecule has 1 N–H and O–H groups in total. The standard InChI is InChI=1S/C18H21N3O5/c1-25-11-26-16-6-7-17(23)20-15(16)8-12(22)9-21-10-19-14-5-3-2-4-13(14)18(21)24/h2-5,10,15-16H,6-9,11H2,1H3,(H,20,23)/t15-,16+/m1/s1. The highest BCUT2D eigenvalue weighted by Gasteiger charge is 2.31. The van der Waals surface area contributed by atoms with E-state index in [4.69, 9.17) is 9.47 Å². The van der Waals surface area contributed by atoms with E-state index in [1.54, 1.807) is 24.3 Å². The minimum absolute atomic E-state index is 0.0827. The molecule has 1 aliphatic heterocycles. The number of fused-ring (bicyclic) bond motifs is 1. The van der Waals surface area contributed by atoms with Crippen LogP contribution in [0.1, 0.15) is 19.3 Å². The van der Waals surface area contributed by atoms with Gasteiger partial charge in [-0.1, -0.05) is 12.1 Å². The fourth-order valence-electron chi connectivity index (χ4n) is 3.10. The highest BCUT2D eigenvalue weighted by Crippen LogP contribution is 2.17. The summed E-state index contributed by atoms with van der Waals surface area (Å²) in [7, 11) is 1.51. The van der Waals surface area contributed by atoms with Crippen LogP contribution in [0.25, 0.3) is 10.9 Å². The zero-order valence-corrected chi connectivity index (χ0v) is 14.5. The van der Waals surface area contributed by atoms with Gasteiger partial charge in [0.2, 0.25) is 5.91 Å². The predicted molar refractivity (Wildman–Crippen MR) is 93.5 cm³/mol. The van der Waals surface area contributed by atoms with E-state index in [1.807, 2.05) is 0 Å². The van der Waals surface area contributed by atoms with Crippen molar-refractivity contribution in [3.63, 3.8) is 0 Å². The van der Waals surface area contributed by atoms with Crippen molar-refractivity contribution < 1.29 is 19.1 Å². The summed E-state index contributed by atoms with van der Waals surface area (Å²) >= 11 is 0. The summed E-state index contributed by atoms with van der Waals surface area (Å²) in [6, 6.07) is 6.56. The first-order valence-electron chi connectivity index (χ1n) is 8.44. The van der Waals surface area contributed by atoms with Crippen molar-refractivity contribution in [2.75, 3.05) is 13.9 Å². The Bertz CT molecular complexity index is 863. The summed E-state index contributed by atoms with van der Waals surface area (Å²) in [6.45, 7) is -0.000678. The number of hydrogen-bond donors (Lipinski definition) is 1. The number of hydrogen-bond acceptors (Lipinski definition) is 6. The number of piperidine rings is 1. The molecule has 1 aromatic heterocycles. The molecule has 3 rings (SSSR count). The minimum atomic E-state index is -0.428. The summed E-state index contributed by atoms with van der Waals surface area (Å²) in [4.78, 5) is 40.8.